The summed E-state index contributed by atoms with van der Waals surface area (Å²) in [7, 11) is 1.79. The van der Waals surface area contributed by atoms with E-state index in [9.17, 15) is 18.4 Å². The molecule has 1 aromatic carbocycles. The second kappa shape index (κ2) is 6.83. The van der Waals surface area contributed by atoms with Gasteiger partial charge >= 0.3 is 0 Å². The van der Waals surface area contributed by atoms with Crippen LogP contribution in [0.4, 0.5) is 14.5 Å². The van der Waals surface area contributed by atoms with Gasteiger partial charge in [0.1, 0.15) is 11.6 Å². The highest BCUT2D eigenvalue weighted by molar-refractivity contribution is 6.00. The molecule has 0 spiro atoms. The Balaban J connectivity index is 2.03. The smallest absolute Gasteiger partial charge is 0.227 e. The first-order valence-corrected chi connectivity index (χ1v) is 7.12. The minimum Gasteiger partial charge on any atom is -0.354 e. The zero-order valence-corrected chi connectivity index (χ0v) is 12.5. The molecule has 2 N–H and O–H groups in total. The summed E-state index contributed by atoms with van der Waals surface area (Å²) in [6.07, 6.45) is 0.0244. The van der Waals surface area contributed by atoms with E-state index in [1.807, 2.05) is 6.92 Å². The van der Waals surface area contributed by atoms with Crippen molar-refractivity contribution in [1.82, 2.24) is 10.6 Å². The molecule has 1 aliphatic rings. The second-order valence-corrected chi connectivity index (χ2v) is 5.44. The molecule has 0 saturated carbocycles. The molecular formula is C15H19F2N3O2. The highest BCUT2D eigenvalue weighted by Gasteiger charge is 2.36. The van der Waals surface area contributed by atoms with Gasteiger partial charge in [0.15, 0.2) is 0 Å². The van der Waals surface area contributed by atoms with Crippen molar-refractivity contribution in [3.63, 3.8) is 0 Å². The van der Waals surface area contributed by atoms with Gasteiger partial charge in [-0.15, -0.1) is 0 Å². The fourth-order valence-electron chi connectivity index (χ4n) is 2.32. The van der Waals surface area contributed by atoms with Crippen LogP contribution in [0.5, 0.6) is 0 Å². The molecule has 2 amide bonds. The van der Waals surface area contributed by atoms with E-state index in [0.29, 0.717) is 6.54 Å². The summed E-state index contributed by atoms with van der Waals surface area (Å²) in [6, 6.07) is 3.15. The molecule has 1 saturated heterocycles. The van der Waals surface area contributed by atoms with Crippen molar-refractivity contribution in [3.05, 3.63) is 29.8 Å². The lowest BCUT2D eigenvalue weighted by atomic mass is 10.1. The minimum atomic E-state index is -0.807. The highest BCUT2D eigenvalue weighted by atomic mass is 19.1. The van der Waals surface area contributed by atoms with Gasteiger partial charge in [-0.3, -0.25) is 9.59 Å². The van der Waals surface area contributed by atoms with E-state index in [4.69, 9.17) is 0 Å². The Morgan fingerprint density at radius 2 is 2.18 bits per heavy atom. The lowest BCUT2D eigenvalue weighted by Crippen LogP contribution is -2.40. The van der Waals surface area contributed by atoms with E-state index < -0.39 is 17.6 Å². The molecule has 1 aliphatic heterocycles. The molecular weight excluding hydrogens is 292 g/mol. The summed E-state index contributed by atoms with van der Waals surface area (Å²) in [4.78, 5) is 25.2. The third kappa shape index (κ3) is 3.59. The Bertz CT molecular complexity index is 580. The fraction of sp³-hybridized carbons (Fsp3) is 0.467. The number of nitrogens with zero attached hydrogens (tertiary/aromatic N) is 1. The number of nitrogens with one attached hydrogen (secondary N) is 2. The largest absolute Gasteiger partial charge is 0.354 e. The molecule has 0 radical (unpaired) electrons. The van der Waals surface area contributed by atoms with Crippen LogP contribution in [0.2, 0.25) is 0 Å². The first kappa shape index (κ1) is 16.4. The van der Waals surface area contributed by atoms with Crippen molar-refractivity contribution in [2.75, 3.05) is 25.0 Å². The maximum absolute atomic E-state index is 13.8. The summed E-state index contributed by atoms with van der Waals surface area (Å²) in [5, 5.41) is 5.75. The van der Waals surface area contributed by atoms with Gasteiger partial charge in [0.05, 0.1) is 11.6 Å². The van der Waals surface area contributed by atoms with Crippen molar-refractivity contribution in [3.8, 4) is 0 Å². The lowest BCUT2D eigenvalue weighted by Gasteiger charge is -2.18. The Hall–Kier alpha value is -2.02. The van der Waals surface area contributed by atoms with Gasteiger partial charge in [0.25, 0.3) is 0 Å². The molecule has 2 atom stereocenters. The van der Waals surface area contributed by atoms with Crippen LogP contribution >= 0.6 is 0 Å². The summed E-state index contributed by atoms with van der Waals surface area (Å²) < 4.78 is 26.7. The SMILES string of the molecule is CNC(C)CNC(=O)C1CC(=O)N(c2ccc(F)cc2F)C1. The van der Waals surface area contributed by atoms with E-state index in [-0.39, 0.29) is 36.5 Å². The topological polar surface area (TPSA) is 61.4 Å². The predicted molar refractivity (Wildman–Crippen MR) is 78.3 cm³/mol. The third-order valence-electron chi connectivity index (χ3n) is 3.77. The first-order valence-electron chi connectivity index (χ1n) is 7.12. The van der Waals surface area contributed by atoms with Crippen LogP contribution in [0, 0.1) is 17.6 Å². The standard InChI is InChI=1S/C15H19F2N3O2/c1-9(18-2)7-19-15(22)10-5-14(21)20(8-10)13-4-3-11(16)6-12(13)17/h3-4,6,9-10,18H,5,7-8H2,1-2H3,(H,19,22). The Labute approximate surface area is 127 Å². The van der Waals surface area contributed by atoms with E-state index in [0.717, 1.165) is 12.1 Å². The Morgan fingerprint density at radius 1 is 1.45 bits per heavy atom. The molecule has 120 valence electrons. The average Bonchev–Trinajstić information content (AvgIpc) is 2.86. The van der Waals surface area contributed by atoms with E-state index in [2.05, 4.69) is 10.6 Å². The van der Waals surface area contributed by atoms with Gasteiger partial charge in [0.2, 0.25) is 11.8 Å². The number of hydrogen-bond acceptors (Lipinski definition) is 3. The monoisotopic (exact) mass is 311 g/mol. The summed E-state index contributed by atoms with van der Waals surface area (Å²) in [6.45, 7) is 2.46. The number of hydrogen-bond donors (Lipinski definition) is 2. The number of halogens is 2. The summed E-state index contributed by atoms with van der Waals surface area (Å²) >= 11 is 0. The number of rotatable bonds is 5. The first-order chi connectivity index (χ1) is 10.4. The average molecular weight is 311 g/mol. The Kier molecular flexibility index (Phi) is 5.07. The van der Waals surface area contributed by atoms with Crippen molar-refractivity contribution in [2.45, 2.75) is 19.4 Å². The van der Waals surface area contributed by atoms with Gasteiger partial charge in [0, 0.05) is 31.6 Å². The molecule has 1 fully saturated rings. The third-order valence-corrected chi connectivity index (χ3v) is 3.77. The van der Waals surface area contributed by atoms with Gasteiger partial charge in [-0.1, -0.05) is 0 Å². The second-order valence-electron chi connectivity index (χ2n) is 5.44. The number of anilines is 1. The fourth-order valence-corrected chi connectivity index (χ4v) is 2.32. The minimum absolute atomic E-state index is 0.00490. The molecule has 1 aromatic rings. The predicted octanol–water partition coefficient (Wildman–Crippen LogP) is 1.04. The quantitative estimate of drug-likeness (QED) is 0.854. The van der Waals surface area contributed by atoms with Crippen LogP contribution in [-0.2, 0) is 9.59 Å². The maximum atomic E-state index is 13.8. The van der Waals surface area contributed by atoms with Crippen molar-refractivity contribution in [2.24, 2.45) is 5.92 Å². The van der Waals surface area contributed by atoms with Crippen LogP contribution < -0.4 is 15.5 Å². The van der Waals surface area contributed by atoms with E-state index >= 15 is 0 Å². The molecule has 7 heteroatoms. The zero-order valence-electron chi connectivity index (χ0n) is 12.5. The number of carbonyl (C=O) groups is 2. The lowest BCUT2D eigenvalue weighted by molar-refractivity contribution is -0.126. The van der Waals surface area contributed by atoms with Crippen LogP contribution in [0.15, 0.2) is 18.2 Å². The maximum Gasteiger partial charge on any atom is 0.227 e. The highest BCUT2D eigenvalue weighted by Crippen LogP contribution is 2.27. The molecule has 0 aromatic heterocycles. The number of benzene rings is 1. The number of carbonyl (C=O) groups excluding carboxylic acids is 2. The number of amides is 2. The number of likely N-dealkylation sites (N-methyl/N-ethyl adjacent to an activating group) is 1. The van der Waals surface area contributed by atoms with E-state index in [1.54, 1.807) is 7.05 Å². The normalized spacial score (nSPS) is 19.4. The molecule has 1 heterocycles. The zero-order chi connectivity index (χ0) is 16.3. The van der Waals surface area contributed by atoms with Crippen LogP contribution in [0.1, 0.15) is 13.3 Å². The molecule has 0 aliphatic carbocycles. The van der Waals surface area contributed by atoms with Crippen molar-refractivity contribution < 1.29 is 18.4 Å². The van der Waals surface area contributed by atoms with Gasteiger partial charge in [-0.25, -0.2) is 8.78 Å². The Morgan fingerprint density at radius 3 is 2.82 bits per heavy atom. The molecule has 2 unspecified atom stereocenters. The van der Waals surface area contributed by atoms with Gasteiger partial charge < -0.3 is 15.5 Å². The van der Waals surface area contributed by atoms with Gasteiger partial charge in [-0.05, 0) is 26.1 Å². The molecule has 0 bridgehead atoms. The summed E-state index contributed by atoms with van der Waals surface area (Å²) in [5.74, 6) is -2.62. The van der Waals surface area contributed by atoms with Crippen molar-refractivity contribution >= 4 is 17.5 Å². The van der Waals surface area contributed by atoms with Crippen molar-refractivity contribution in [1.29, 1.82) is 0 Å². The summed E-state index contributed by atoms with van der Waals surface area (Å²) in [5.41, 5.74) is 0.00490. The van der Waals surface area contributed by atoms with Gasteiger partial charge in [-0.2, -0.15) is 0 Å². The molecule has 22 heavy (non-hydrogen) atoms. The van der Waals surface area contributed by atoms with Crippen LogP contribution in [0.25, 0.3) is 0 Å². The van der Waals surface area contributed by atoms with Crippen LogP contribution in [-0.4, -0.2) is 38.0 Å². The van der Waals surface area contributed by atoms with Crippen LogP contribution in [0.3, 0.4) is 0 Å². The molecule has 2 rings (SSSR count). The molecule has 5 nitrogen and oxygen atoms in total. The van der Waals surface area contributed by atoms with E-state index in [1.165, 1.54) is 11.0 Å².